The summed E-state index contributed by atoms with van der Waals surface area (Å²) in [6, 6.07) is 13.5. The van der Waals surface area contributed by atoms with Crippen molar-refractivity contribution < 1.29 is 19.2 Å². The van der Waals surface area contributed by atoms with E-state index in [1.54, 1.807) is 17.0 Å². The first-order chi connectivity index (χ1) is 16.2. The van der Waals surface area contributed by atoms with Crippen LogP contribution in [0.5, 0.6) is 5.75 Å². The zero-order valence-corrected chi connectivity index (χ0v) is 17.9. The molecular weight excluding hydrogens is 420 g/mol. The first-order valence-corrected chi connectivity index (χ1v) is 11.2. The van der Waals surface area contributed by atoms with Crippen LogP contribution < -0.4 is 4.74 Å². The number of fused-ring (bicyclic) bond motifs is 3. The van der Waals surface area contributed by atoms with Crippen molar-refractivity contribution in [1.82, 2.24) is 15.0 Å². The Labute approximate surface area is 190 Å². The number of nitriles is 1. The minimum Gasteiger partial charge on any atom is -0.489 e. The van der Waals surface area contributed by atoms with Gasteiger partial charge in [-0.3, -0.25) is 4.79 Å². The maximum absolute atomic E-state index is 12.4. The SMILES string of the molecule is N#Cc1cc(-c2nc(-c3cccc4c3CC3CC(=O)N(CCO)C43)no2)ccc1OC1CC1. The fourth-order valence-electron chi connectivity index (χ4n) is 5.09. The highest BCUT2D eigenvalue weighted by Gasteiger charge is 2.46. The van der Waals surface area contributed by atoms with Crippen molar-refractivity contribution in [3.05, 3.63) is 53.1 Å². The smallest absolute Gasteiger partial charge is 0.258 e. The third-order valence-corrected chi connectivity index (χ3v) is 6.71. The van der Waals surface area contributed by atoms with E-state index in [9.17, 15) is 15.2 Å². The molecule has 1 amide bonds. The number of β-amino-alcohol motifs (C(OH)–C–C–N with tert-alkyl or cyclic N) is 1. The molecule has 1 saturated heterocycles. The lowest BCUT2D eigenvalue weighted by Gasteiger charge is -2.24. The Balaban J connectivity index is 1.32. The van der Waals surface area contributed by atoms with Crippen LogP contribution in [0.4, 0.5) is 0 Å². The molecule has 3 aliphatic rings. The quantitative estimate of drug-likeness (QED) is 0.623. The van der Waals surface area contributed by atoms with Gasteiger partial charge in [0.25, 0.3) is 5.89 Å². The minimum atomic E-state index is -0.0483. The van der Waals surface area contributed by atoms with Gasteiger partial charge in [0.2, 0.25) is 11.7 Å². The predicted molar refractivity (Wildman–Crippen MR) is 117 cm³/mol. The molecule has 2 atom stereocenters. The topological polar surface area (TPSA) is 112 Å². The van der Waals surface area contributed by atoms with Crippen LogP contribution in [-0.2, 0) is 11.2 Å². The van der Waals surface area contributed by atoms with Gasteiger partial charge >= 0.3 is 0 Å². The van der Waals surface area contributed by atoms with E-state index in [1.807, 2.05) is 24.3 Å². The lowest BCUT2D eigenvalue weighted by molar-refractivity contribution is -0.129. The third kappa shape index (κ3) is 3.36. The largest absolute Gasteiger partial charge is 0.489 e. The Morgan fingerprint density at radius 1 is 1.24 bits per heavy atom. The van der Waals surface area contributed by atoms with Crippen LogP contribution in [0.2, 0.25) is 0 Å². The molecule has 1 N–H and O–H groups in total. The molecule has 8 nitrogen and oxygen atoms in total. The molecule has 1 saturated carbocycles. The summed E-state index contributed by atoms with van der Waals surface area (Å²) in [4.78, 5) is 18.8. The molecule has 2 fully saturated rings. The highest BCUT2D eigenvalue weighted by molar-refractivity contribution is 5.81. The van der Waals surface area contributed by atoms with Crippen LogP contribution in [0, 0.1) is 17.2 Å². The Bertz CT molecular complexity index is 1290. The molecule has 0 radical (unpaired) electrons. The van der Waals surface area contributed by atoms with E-state index >= 15 is 0 Å². The lowest BCUT2D eigenvalue weighted by Crippen LogP contribution is -2.30. The van der Waals surface area contributed by atoms with Gasteiger partial charge in [-0.2, -0.15) is 10.2 Å². The maximum atomic E-state index is 12.4. The van der Waals surface area contributed by atoms with Crippen LogP contribution in [0.3, 0.4) is 0 Å². The zero-order chi connectivity index (χ0) is 22.5. The number of likely N-dealkylation sites (tertiary alicyclic amines) is 1. The van der Waals surface area contributed by atoms with Crippen LogP contribution in [0.25, 0.3) is 22.8 Å². The number of hydrogen-bond donors (Lipinski definition) is 1. The van der Waals surface area contributed by atoms with Crippen molar-refractivity contribution in [3.63, 3.8) is 0 Å². The molecule has 6 rings (SSSR count). The molecular formula is C25H22N4O4. The van der Waals surface area contributed by atoms with E-state index in [0.717, 1.165) is 36.0 Å². The van der Waals surface area contributed by atoms with E-state index in [-0.39, 0.29) is 30.6 Å². The lowest BCUT2D eigenvalue weighted by atomic mass is 10.0. The van der Waals surface area contributed by atoms with Gasteiger partial charge in [-0.05, 0) is 54.5 Å². The normalized spacial score (nSPS) is 21.1. The van der Waals surface area contributed by atoms with Crippen LogP contribution >= 0.6 is 0 Å². The standard InChI is InChI=1S/C25H22N4O4/c26-13-16-10-14(4-7-21(16)32-17-5-6-17)25-27-24(28-33-25)19-3-1-2-18-20(19)11-15-12-22(31)29(8-9-30)23(15)18/h1-4,7,10,15,17,23,30H,5-6,8-9,11-12H2. The highest BCUT2D eigenvalue weighted by Crippen LogP contribution is 2.49. The number of aromatic nitrogens is 2. The summed E-state index contributed by atoms with van der Waals surface area (Å²) >= 11 is 0. The molecule has 2 aromatic carbocycles. The second-order valence-corrected chi connectivity index (χ2v) is 8.86. The Morgan fingerprint density at radius 3 is 2.91 bits per heavy atom. The van der Waals surface area contributed by atoms with Crippen molar-refractivity contribution in [1.29, 1.82) is 5.26 Å². The summed E-state index contributed by atoms with van der Waals surface area (Å²) < 4.78 is 11.4. The number of nitrogens with zero attached hydrogens (tertiary/aromatic N) is 4. The number of aliphatic hydroxyl groups excluding tert-OH is 1. The number of benzene rings is 2. The molecule has 1 aliphatic heterocycles. The Kier molecular flexibility index (Phi) is 4.66. The number of hydrogen-bond acceptors (Lipinski definition) is 7. The van der Waals surface area contributed by atoms with E-state index in [2.05, 4.69) is 16.2 Å². The van der Waals surface area contributed by atoms with Crippen LogP contribution in [-0.4, -0.2) is 45.3 Å². The number of carbonyl (C=O) groups is 1. The summed E-state index contributed by atoms with van der Waals surface area (Å²) in [5, 5.41) is 23.2. The molecule has 2 heterocycles. The number of aliphatic hydroxyl groups is 1. The van der Waals surface area contributed by atoms with Gasteiger partial charge in [-0.25, -0.2) is 0 Å². The number of amides is 1. The van der Waals surface area contributed by atoms with Gasteiger partial charge in [-0.1, -0.05) is 23.4 Å². The number of ether oxygens (including phenoxy) is 1. The van der Waals surface area contributed by atoms with Crippen LogP contribution in [0.1, 0.15) is 42.0 Å². The van der Waals surface area contributed by atoms with Gasteiger partial charge in [0.1, 0.15) is 11.8 Å². The average molecular weight is 442 g/mol. The fourth-order valence-corrected chi connectivity index (χ4v) is 5.09. The van der Waals surface area contributed by atoms with Crippen molar-refractivity contribution in [2.24, 2.45) is 5.92 Å². The second kappa shape index (κ2) is 7.71. The first kappa shape index (κ1) is 19.9. The Morgan fingerprint density at radius 2 is 2.12 bits per heavy atom. The molecule has 1 aromatic heterocycles. The molecule has 166 valence electrons. The van der Waals surface area contributed by atoms with Gasteiger partial charge < -0.3 is 19.3 Å². The van der Waals surface area contributed by atoms with Gasteiger partial charge in [-0.15, -0.1) is 0 Å². The predicted octanol–water partition coefficient (Wildman–Crippen LogP) is 3.25. The second-order valence-electron chi connectivity index (χ2n) is 8.86. The molecule has 0 spiro atoms. The summed E-state index contributed by atoms with van der Waals surface area (Å²) in [6.07, 6.45) is 3.51. The van der Waals surface area contributed by atoms with Gasteiger partial charge in [0, 0.05) is 24.1 Å². The van der Waals surface area contributed by atoms with Gasteiger partial charge in [0.05, 0.1) is 24.3 Å². The third-order valence-electron chi connectivity index (χ3n) is 6.71. The fraction of sp³-hybridized carbons (Fsp3) is 0.360. The number of carbonyl (C=O) groups excluding carboxylic acids is 1. The van der Waals surface area contributed by atoms with Crippen molar-refractivity contribution in [2.75, 3.05) is 13.2 Å². The van der Waals surface area contributed by atoms with E-state index in [0.29, 0.717) is 41.6 Å². The van der Waals surface area contributed by atoms with E-state index in [4.69, 9.17) is 9.26 Å². The monoisotopic (exact) mass is 442 g/mol. The molecule has 0 bridgehead atoms. The Hall–Kier alpha value is -3.70. The van der Waals surface area contributed by atoms with E-state index in [1.165, 1.54) is 0 Å². The molecule has 2 unspecified atom stereocenters. The minimum absolute atomic E-state index is 0.0110. The highest BCUT2D eigenvalue weighted by atomic mass is 16.5. The van der Waals surface area contributed by atoms with Gasteiger partial charge in [0.15, 0.2) is 0 Å². The maximum Gasteiger partial charge on any atom is 0.258 e. The first-order valence-electron chi connectivity index (χ1n) is 11.2. The summed E-state index contributed by atoms with van der Waals surface area (Å²) in [6.45, 7) is 0.297. The summed E-state index contributed by atoms with van der Waals surface area (Å²) in [7, 11) is 0. The summed E-state index contributed by atoms with van der Waals surface area (Å²) in [5.41, 5.74) is 4.22. The van der Waals surface area contributed by atoms with Crippen LogP contribution in [0.15, 0.2) is 40.9 Å². The van der Waals surface area contributed by atoms with E-state index < -0.39 is 0 Å². The number of rotatable bonds is 6. The molecule has 8 heteroatoms. The molecule has 3 aromatic rings. The van der Waals surface area contributed by atoms with Crippen molar-refractivity contribution in [3.8, 4) is 34.7 Å². The molecule has 2 aliphatic carbocycles. The zero-order valence-electron chi connectivity index (χ0n) is 17.9. The molecule has 33 heavy (non-hydrogen) atoms. The average Bonchev–Trinajstić information content (AvgIpc) is 3.25. The summed E-state index contributed by atoms with van der Waals surface area (Å²) in [5.74, 6) is 1.70. The van der Waals surface area contributed by atoms with Crippen molar-refractivity contribution in [2.45, 2.75) is 37.8 Å². The van der Waals surface area contributed by atoms with Crippen molar-refractivity contribution >= 4 is 5.91 Å².